The molecule has 0 aliphatic rings. The highest BCUT2D eigenvalue weighted by Gasteiger charge is 2.18. The highest BCUT2D eigenvalue weighted by Crippen LogP contribution is 2.27. The number of hydrogen-bond donors (Lipinski definition) is 1. The minimum atomic E-state index is 0.303. The number of rotatable bonds is 5. The third kappa shape index (κ3) is 2.88. The van der Waals surface area contributed by atoms with E-state index in [1.165, 1.54) is 10.4 Å². The van der Waals surface area contributed by atoms with E-state index in [9.17, 15) is 0 Å². The number of anilines is 1. The zero-order chi connectivity index (χ0) is 13.1. The minimum absolute atomic E-state index is 0.303. The molecular weight excluding hydrogens is 248 g/mol. The van der Waals surface area contributed by atoms with Crippen LogP contribution in [0.3, 0.4) is 0 Å². The molecule has 0 aromatic carbocycles. The molecule has 0 radical (unpaired) electrons. The molecular formula is C12H18N4OS. The summed E-state index contributed by atoms with van der Waals surface area (Å²) in [6.07, 6.45) is 0. The van der Waals surface area contributed by atoms with Crippen LogP contribution < -0.4 is 5.32 Å². The molecule has 0 bridgehead atoms. The van der Waals surface area contributed by atoms with E-state index in [0.717, 1.165) is 6.54 Å². The summed E-state index contributed by atoms with van der Waals surface area (Å²) < 4.78 is 5.31. The first-order chi connectivity index (χ1) is 8.58. The average Bonchev–Trinajstić information content (AvgIpc) is 2.89. The number of aryl methyl sites for hydroxylation is 2. The maximum atomic E-state index is 5.31. The van der Waals surface area contributed by atoms with Gasteiger partial charge in [0.1, 0.15) is 0 Å². The number of aromatic nitrogens is 2. The zero-order valence-electron chi connectivity index (χ0n) is 11.1. The fourth-order valence-corrected chi connectivity index (χ4v) is 2.91. The molecule has 2 aromatic rings. The van der Waals surface area contributed by atoms with Crippen LogP contribution >= 0.6 is 11.3 Å². The van der Waals surface area contributed by atoms with Crippen molar-refractivity contribution >= 4 is 17.4 Å². The van der Waals surface area contributed by atoms with Gasteiger partial charge in [-0.2, -0.15) is 0 Å². The number of hydrogen-bond acceptors (Lipinski definition) is 6. The second-order valence-corrected chi connectivity index (χ2v) is 5.40. The van der Waals surface area contributed by atoms with E-state index < -0.39 is 0 Å². The molecule has 2 heterocycles. The molecule has 0 aliphatic heterocycles. The summed E-state index contributed by atoms with van der Waals surface area (Å²) >= 11 is 1.78. The Morgan fingerprint density at radius 1 is 1.39 bits per heavy atom. The molecule has 0 aliphatic carbocycles. The van der Waals surface area contributed by atoms with Gasteiger partial charge in [0.15, 0.2) is 0 Å². The summed E-state index contributed by atoms with van der Waals surface area (Å²) in [6.45, 7) is 4.67. The zero-order valence-corrected chi connectivity index (χ0v) is 11.9. The number of nitrogens with one attached hydrogen (secondary N) is 1. The van der Waals surface area contributed by atoms with Gasteiger partial charge < -0.3 is 14.6 Å². The third-order valence-electron chi connectivity index (χ3n) is 2.80. The first kappa shape index (κ1) is 13.0. The van der Waals surface area contributed by atoms with Crippen molar-refractivity contribution in [2.45, 2.75) is 19.9 Å². The van der Waals surface area contributed by atoms with Crippen molar-refractivity contribution < 1.29 is 4.42 Å². The predicted octanol–water partition coefficient (Wildman–Crippen LogP) is 2.46. The maximum Gasteiger partial charge on any atom is 0.315 e. The lowest BCUT2D eigenvalue weighted by molar-refractivity contribution is 0.313. The van der Waals surface area contributed by atoms with Gasteiger partial charge >= 0.3 is 6.01 Å². The molecule has 0 saturated heterocycles. The highest BCUT2D eigenvalue weighted by atomic mass is 32.1. The van der Waals surface area contributed by atoms with E-state index in [4.69, 9.17) is 4.42 Å². The van der Waals surface area contributed by atoms with Gasteiger partial charge in [-0.1, -0.05) is 5.10 Å². The molecule has 0 amide bonds. The second-order valence-electron chi connectivity index (χ2n) is 4.45. The van der Waals surface area contributed by atoms with Crippen LogP contribution in [-0.4, -0.2) is 35.7 Å². The summed E-state index contributed by atoms with van der Waals surface area (Å²) in [5, 5.41) is 13.0. The third-order valence-corrected chi connectivity index (χ3v) is 3.92. The first-order valence-electron chi connectivity index (χ1n) is 5.82. The quantitative estimate of drug-likeness (QED) is 0.901. The Hall–Kier alpha value is -1.40. The topological polar surface area (TPSA) is 54.2 Å². The lowest BCUT2D eigenvalue weighted by atomic mass is 10.1. The molecule has 1 N–H and O–H groups in total. The van der Waals surface area contributed by atoms with Gasteiger partial charge in [0.25, 0.3) is 0 Å². The van der Waals surface area contributed by atoms with E-state index >= 15 is 0 Å². The van der Waals surface area contributed by atoms with E-state index in [1.807, 2.05) is 0 Å². The van der Waals surface area contributed by atoms with Crippen LogP contribution in [0.25, 0.3) is 0 Å². The number of nitrogens with zero attached hydrogens (tertiary/aromatic N) is 3. The Balaban J connectivity index is 2.06. The van der Waals surface area contributed by atoms with Crippen molar-refractivity contribution in [3.05, 3.63) is 27.8 Å². The van der Waals surface area contributed by atoms with Crippen molar-refractivity contribution in [1.82, 2.24) is 15.1 Å². The van der Waals surface area contributed by atoms with Gasteiger partial charge in [-0.25, -0.2) is 0 Å². The van der Waals surface area contributed by atoms with Gasteiger partial charge in [0, 0.05) is 18.3 Å². The van der Waals surface area contributed by atoms with Crippen LogP contribution in [0.5, 0.6) is 0 Å². The van der Waals surface area contributed by atoms with E-state index in [1.54, 1.807) is 18.3 Å². The Bertz CT molecular complexity index is 506. The van der Waals surface area contributed by atoms with Crippen LogP contribution in [0.2, 0.25) is 0 Å². The van der Waals surface area contributed by atoms with Gasteiger partial charge in [0.2, 0.25) is 5.89 Å². The van der Waals surface area contributed by atoms with Gasteiger partial charge in [-0.05, 0) is 38.0 Å². The second kappa shape index (κ2) is 5.49. The molecule has 5 nitrogen and oxygen atoms in total. The lowest BCUT2D eigenvalue weighted by Crippen LogP contribution is -2.26. The SMILES string of the molecule is Cc1nnc(NCC(c2sccc2C)N(C)C)o1. The fraction of sp³-hybridized carbons (Fsp3) is 0.500. The molecule has 2 rings (SSSR count). The molecule has 2 aromatic heterocycles. The van der Waals surface area contributed by atoms with Crippen LogP contribution in [0.1, 0.15) is 22.4 Å². The maximum absolute atomic E-state index is 5.31. The smallest absolute Gasteiger partial charge is 0.315 e. The van der Waals surface area contributed by atoms with Gasteiger partial charge in [-0.3, -0.25) is 0 Å². The van der Waals surface area contributed by atoms with E-state index in [0.29, 0.717) is 17.9 Å². The van der Waals surface area contributed by atoms with E-state index in [2.05, 4.69) is 52.9 Å². The Morgan fingerprint density at radius 3 is 2.67 bits per heavy atom. The minimum Gasteiger partial charge on any atom is -0.408 e. The lowest BCUT2D eigenvalue weighted by Gasteiger charge is -2.24. The number of likely N-dealkylation sites (N-methyl/N-ethyl adjacent to an activating group) is 1. The van der Waals surface area contributed by atoms with E-state index in [-0.39, 0.29) is 0 Å². The largest absolute Gasteiger partial charge is 0.408 e. The summed E-state index contributed by atoms with van der Waals surface area (Å²) in [5.74, 6) is 0.575. The molecule has 0 saturated carbocycles. The van der Waals surface area contributed by atoms with Gasteiger partial charge in [0.05, 0.1) is 6.04 Å². The van der Waals surface area contributed by atoms with Crippen LogP contribution in [0, 0.1) is 13.8 Å². The Kier molecular flexibility index (Phi) is 3.98. The van der Waals surface area contributed by atoms with Crippen molar-refractivity contribution in [2.75, 3.05) is 26.0 Å². The molecule has 6 heteroatoms. The Labute approximate surface area is 111 Å². The Morgan fingerprint density at radius 2 is 2.17 bits per heavy atom. The van der Waals surface area contributed by atoms with Gasteiger partial charge in [-0.15, -0.1) is 16.4 Å². The fourth-order valence-electron chi connectivity index (χ4n) is 1.79. The molecule has 0 spiro atoms. The molecule has 98 valence electrons. The first-order valence-corrected chi connectivity index (χ1v) is 6.70. The summed E-state index contributed by atoms with van der Waals surface area (Å²) in [6, 6.07) is 2.93. The molecule has 18 heavy (non-hydrogen) atoms. The number of thiophene rings is 1. The van der Waals surface area contributed by atoms with Crippen molar-refractivity contribution in [3.8, 4) is 0 Å². The highest BCUT2D eigenvalue weighted by molar-refractivity contribution is 7.10. The monoisotopic (exact) mass is 266 g/mol. The van der Waals surface area contributed by atoms with Crippen molar-refractivity contribution in [1.29, 1.82) is 0 Å². The standard InChI is InChI=1S/C12H18N4OS/c1-8-5-6-18-11(8)10(16(3)4)7-13-12-15-14-9(2)17-12/h5-6,10H,7H2,1-4H3,(H,13,15). The molecule has 0 fully saturated rings. The average molecular weight is 266 g/mol. The molecule has 1 atom stereocenters. The van der Waals surface area contributed by atoms with Crippen LogP contribution in [0.15, 0.2) is 15.9 Å². The summed E-state index contributed by atoms with van der Waals surface area (Å²) in [5.41, 5.74) is 1.32. The molecule has 1 unspecified atom stereocenters. The summed E-state index contributed by atoms with van der Waals surface area (Å²) in [4.78, 5) is 3.55. The van der Waals surface area contributed by atoms with Crippen molar-refractivity contribution in [2.24, 2.45) is 0 Å². The normalized spacial score (nSPS) is 12.9. The summed E-state index contributed by atoms with van der Waals surface area (Å²) in [7, 11) is 4.15. The van der Waals surface area contributed by atoms with Crippen molar-refractivity contribution in [3.63, 3.8) is 0 Å². The van der Waals surface area contributed by atoms with Crippen LogP contribution in [-0.2, 0) is 0 Å². The predicted molar refractivity (Wildman–Crippen MR) is 73.0 cm³/mol. The van der Waals surface area contributed by atoms with Crippen LogP contribution in [0.4, 0.5) is 6.01 Å².